The molecule has 2 nitrogen and oxygen atoms in total. The van der Waals surface area contributed by atoms with Gasteiger partial charge in [-0.2, -0.15) is 0 Å². The van der Waals surface area contributed by atoms with Crippen molar-refractivity contribution >= 4 is 21.9 Å². The number of esters is 1. The molecule has 0 aliphatic heterocycles. The van der Waals surface area contributed by atoms with E-state index in [1.807, 2.05) is 13.0 Å². The maximum absolute atomic E-state index is 13.7. The number of carbonyl (C=O) groups excluding carboxylic acids is 1. The summed E-state index contributed by atoms with van der Waals surface area (Å²) in [5, 5.41) is 0.528. The van der Waals surface area contributed by atoms with Gasteiger partial charge in [0.25, 0.3) is 0 Å². The molecule has 16 heavy (non-hydrogen) atoms. The monoisotopic (exact) mass is 288 g/mol. The molecule has 0 bridgehead atoms. The zero-order valence-electron chi connectivity index (χ0n) is 9.35. The van der Waals surface area contributed by atoms with Crippen molar-refractivity contribution in [3.8, 4) is 0 Å². The molecule has 0 saturated carbocycles. The van der Waals surface area contributed by atoms with Crippen LogP contribution in [0.4, 0.5) is 4.39 Å². The number of halogens is 2. The Morgan fingerprint density at radius 3 is 2.75 bits per heavy atom. The summed E-state index contributed by atoms with van der Waals surface area (Å²) >= 11 is 3.29. The second-order valence-corrected chi connectivity index (χ2v) is 4.06. The van der Waals surface area contributed by atoms with Crippen LogP contribution >= 0.6 is 15.9 Å². The lowest BCUT2D eigenvalue weighted by Gasteiger charge is -2.09. The van der Waals surface area contributed by atoms with Gasteiger partial charge >= 0.3 is 5.97 Å². The van der Waals surface area contributed by atoms with Gasteiger partial charge in [0.1, 0.15) is 5.82 Å². The van der Waals surface area contributed by atoms with Gasteiger partial charge in [0.15, 0.2) is 0 Å². The average Bonchev–Trinajstić information content (AvgIpc) is 2.22. The Morgan fingerprint density at radius 2 is 2.19 bits per heavy atom. The number of aryl methyl sites for hydroxylation is 1. The zero-order chi connectivity index (χ0) is 12.1. The topological polar surface area (TPSA) is 26.3 Å². The molecule has 0 fully saturated rings. The van der Waals surface area contributed by atoms with Crippen LogP contribution < -0.4 is 0 Å². The largest absolute Gasteiger partial charge is 0.466 e. The molecule has 0 amide bonds. The number of hydrogen-bond acceptors (Lipinski definition) is 2. The molecule has 1 aromatic rings. The number of rotatable bonds is 4. The molecule has 0 aliphatic carbocycles. The van der Waals surface area contributed by atoms with Crippen molar-refractivity contribution in [3.05, 3.63) is 34.6 Å². The first-order valence-electron chi connectivity index (χ1n) is 5.08. The molecule has 0 aliphatic rings. The van der Waals surface area contributed by atoms with Gasteiger partial charge in [-0.1, -0.05) is 22.0 Å². The third-order valence-electron chi connectivity index (χ3n) is 2.20. The van der Waals surface area contributed by atoms with E-state index in [1.165, 1.54) is 6.07 Å². The van der Waals surface area contributed by atoms with Crippen LogP contribution in [0.15, 0.2) is 12.1 Å². The summed E-state index contributed by atoms with van der Waals surface area (Å²) < 4.78 is 18.5. The van der Waals surface area contributed by atoms with Gasteiger partial charge in [0.2, 0.25) is 0 Å². The number of ether oxygens (including phenoxy) is 1. The second kappa shape index (κ2) is 5.99. The minimum Gasteiger partial charge on any atom is -0.466 e. The van der Waals surface area contributed by atoms with Gasteiger partial charge in [-0.05, 0) is 31.0 Å². The Morgan fingerprint density at radius 1 is 1.50 bits per heavy atom. The lowest BCUT2D eigenvalue weighted by molar-refractivity contribution is -0.142. The van der Waals surface area contributed by atoms with Crippen molar-refractivity contribution in [2.45, 2.75) is 25.6 Å². The maximum atomic E-state index is 13.7. The van der Waals surface area contributed by atoms with E-state index >= 15 is 0 Å². The van der Waals surface area contributed by atoms with Gasteiger partial charge in [0, 0.05) is 10.9 Å². The molecule has 0 atom stereocenters. The molecule has 1 aromatic carbocycles. The van der Waals surface area contributed by atoms with E-state index in [-0.39, 0.29) is 12.2 Å². The van der Waals surface area contributed by atoms with Gasteiger partial charge in [-0.3, -0.25) is 4.79 Å². The van der Waals surface area contributed by atoms with Crippen LogP contribution in [-0.2, 0) is 21.3 Å². The molecule has 0 spiro atoms. The molecular formula is C12H14BrFO2. The molecule has 4 heteroatoms. The van der Waals surface area contributed by atoms with E-state index in [0.717, 1.165) is 11.1 Å². The first-order chi connectivity index (χ1) is 7.58. The SMILES string of the molecule is CCOC(=O)Cc1c(F)cc(C)cc1CBr. The summed E-state index contributed by atoms with van der Waals surface area (Å²) in [5.41, 5.74) is 2.06. The molecule has 1 rings (SSSR count). The third-order valence-corrected chi connectivity index (χ3v) is 2.81. The highest BCUT2D eigenvalue weighted by atomic mass is 79.9. The summed E-state index contributed by atoms with van der Waals surface area (Å²) in [5.74, 6) is -0.741. The Hall–Kier alpha value is -0.900. The number of hydrogen-bond donors (Lipinski definition) is 0. The lowest BCUT2D eigenvalue weighted by atomic mass is 10.0. The first kappa shape index (κ1) is 13.2. The summed E-state index contributed by atoms with van der Waals surface area (Å²) in [6, 6.07) is 3.30. The smallest absolute Gasteiger partial charge is 0.310 e. The van der Waals surface area contributed by atoms with E-state index in [1.54, 1.807) is 6.92 Å². The van der Waals surface area contributed by atoms with Gasteiger partial charge < -0.3 is 4.74 Å². The van der Waals surface area contributed by atoms with Crippen LogP contribution in [0.1, 0.15) is 23.6 Å². The molecular weight excluding hydrogens is 275 g/mol. The van der Waals surface area contributed by atoms with Crippen LogP contribution in [0.2, 0.25) is 0 Å². The van der Waals surface area contributed by atoms with Crippen molar-refractivity contribution < 1.29 is 13.9 Å². The van der Waals surface area contributed by atoms with Crippen LogP contribution in [-0.4, -0.2) is 12.6 Å². The Balaban J connectivity index is 2.98. The Kier molecular flexibility index (Phi) is 4.93. The number of carbonyl (C=O) groups is 1. The van der Waals surface area contributed by atoms with Crippen molar-refractivity contribution in [2.75, 3.05) is 6.61 Å². The fourth-order valence-corrected chi connectivity index (χ4v) is 2.02. The molecule has 0 aromatic heterocycles. The number of benzene rings is 1. The number of alkyl halides is 1. The molecule has 0 unspecified atom stereocenters. The highest BCUT2D eigenvalue weighted by molar-refractivity contribution is 9.08. The highest BCUT2D eigenvalue weighted by Gasteiger charge is 2.13. The summed E-state index contributed by atoms with van der Waals surface area (Å²) in [7, 11) is 0. The fourth-order valence-electron chi connectivity index (χ4n) is 1.52. The van der Waals surface area contributed by atoms with Gasteiger partial charge in [-0.25, -0.2) is 4.39 Å². The molecule has 0 N–H and O–H groups in total. The molecule has 0 saturated heterocycles. The summed E-state index contributed by atoms with van der Waals surface area (Å²) in [6.07, 6.45) is -0.0130. The quantitative estimate of drug-likeness (QED) is 0.629. The van der Waals surface area contributed by atoms with E-state index in [0.29, 0.717) is 17.5 Å². The van der Waals surface area contributed by atoms with Crippen molar-refractivity contribution in [3.63, 3.8) is 0 Å². The van der Waals surface area contributed by atoms with Gasteiger partial charge in [-0.15, -0.1) is 0 Å². The van der Waals surface area contributed by atoms with Crippen molar-refractivity contribution in [1.29, 1.82) is 0 Å². The Bertz CT molecular complexity index is 391. The molecule has 88 valence electrons. The predicted molar refractivity (Wildman–Crippen MR) is 64.1 cm³/mol. The van der Waals surface area contributed by atoms with E-state index in [9.17, 15) is 9.18 Å². The van der Waals surface area contributed by atoms with Crippen LogP contribution in [0.3, 0.4) is 0 Å². The maximum Gasteiger partial charge on any atom is 0.310 e. The summed E-state index contributed by atoms with van der Waals surface area (Å²) in [6.45, 7) is 3.87. The van der Waals surface area contributed by atoms with Crippen molar-refractivity contribution in [2.24, 2.45) is 0 Å². The zero-order valence-corrected chi connectivity index (χ0v) is 10.9. The normalized spacial score (nSPS) is 10.2. The highest BCUT2D eigenvalue weighted by Crippen LogP contribution is 2.20. The first-order valence-corrected chi connectivity index (χ1v) is 6.20. The Labute approximate surface area is 103 Å². The minimum absolute atomic E-state index is 0.0130. The third kappa shape index (κ3) is 3.30. The van der Waals surface area contributed by atoms with Crippen LogP contribution in [0.5, 0.6) is 0 Å². The average molecular weight is 289 g/mol. The van der Waals surface area contributed by atoms with Crippen LogP contribution in [0, 0.1) is 12.7 Å². The van der Waals surface area contributed by atoms with Crippen molar-refractivity contribution in [1.82, 2.24) is 0 Å². The summed E-state index contributed by atoms with van der Waals surface area (Å²) in [4.78, 5) is 11.3. The van der Waals surface area contributed by atoms with Gasteiger partial charge in [0.05, 0.1) is 13.0 Å². The van der Waals surface area contributed by atoms with E-state index in [2.05, 4.69) is 15.9 Å². The predicted octanol–water partition coefficient (Wildman–Crippen LogP) is 3.13. The second-order valence-electron chi connectivity index (χ2n) is 3.50. The molecule has 0 heterocycles. The van der Waals surface area contributed by atoms with E-state index < -0.39 is 5.97 Å². The molecule has 0 radical (unpaired) electrons. The lowest BCUT2D eigenvalue weighted by Crippen LogP contribution is -2.11. The minimum atomic E-state index is -0.396. The van der Waals surface area contributed by atoms with E-state index in [4.69, 9.17) is 4.74 Å². The fraction of sp³-hybridized carbons (Fsp3) is 0.417. The van der Waals surface area contributed by atoms with Crippen LogP contribution in [0.25, 0.3) is 0 Å². The standard InChI is InChI=1S/C12H14BrFO2/c1-3-16-12(15)6-10-9(7-13)4-8(2)5-11(10)14/h4-5H,3,6-7H2,1-2H3.